The van der Waals surface area contributed by atoms with Gasteiger partial charge in [-0.25, -0.2) is 4.79 Å². The van der Waals surface area contributed by atoms with Gasteiger partial charge >= 0.3 is 6.03 Å². The molecule has 5 rings (SSSR count). The molecule has 3 unspecified atom stereocenters. The van der Waals surface area contributed by atoms with Gasteiger partial charge in [0.15, 0.2) is 0 Å². The molecule has 188 valence electrons. The summed E-state index contributed by atoms with van der Waals surface area (Å²) in [7, 11) is 0. The Labute approximate surface area is 226 Å². The summed E-state index contributed by atoms with van der Waals surface area (Å²) in [5.74, 6) is -0.0583. The van der Waals surface area contributed by atoms with Gasteiger partial charge in [0.2, 0.25) is 5.91 Å². The summed E-state index contributed by atoms with van der Waals surface area (Å²) in [5.41, 5.74) is 4.63. The quantitative estimate of drug-likeness (QED) is 0.339. The van der Waals surface area contributed by atoms with Gasteiger partial charge in [0, 0.05) is 21.2 Å². The van der Waals surface area contributed by atoms with Crippen LogP contribution < -0.4 is 15.5 Å². The number of para-hydroxylation sites is 1. The molecule has 3 atom stereocenters. The zero-order chi connectivity index (χ0) is 25.9. The monoisotopic (exact) mass is 527 g/mol. The first-order chi connectivity index (χ1) is 17.9. The number of anilines is 3. The fourth-order valence-corrected chi connectivity index (χ4v) is 6.69. The van der Waals surface area contributed by atoms with E-state index < -0.39 is 0 Å². The van der Waals surface area contributed by atoms with Gasteiger partial charge in [-0.1, -0.05) is 60.2 Å². The first-order valence-electron chi connectivity index (χ1n) is 12.2. The zero-order valence-corrected chi connectivity index (χ0v) is 22.6. The molecule has 0 spiro atoms. The van der Waals surface area contributed by atoms with Gasteiger partial charge in [-0.05, 0) is 62.7 Å². The van der Waals surface area contributed by atoms with Crippen LogP contribution in [0.25, 0.3) is 0 Å². The van der Waals surface area contributed by atoms with Crippen LogP contribution in [0.5, 0.6) is 0 Å². The highest BCUT2D eigenvalue weighted by atomic mass is 32.2. The molecule has 0 bridgehead atoms. The summed E-state index contributed by atoms with van der Waals surface area (Å²) in [6.45, 7) is 5.92. The number of hydrogen-bond acceptors (Lipinski definition) is 4. The number of carbonyl (C=O) groups excluding carboxylic acids is 2. The molecule has 0 radical (unpaired) electrons. The Balaban J connectivity index is 1.28. The van der Waals surface area contributed by atoms with Crippen LogP contribution in [0.4, 0.5) is 21.9 Å². The fourth-order valence-electron chi connectivity index (χ4n) is 4.50. The first kappa shape index (κ1) is 25.2. The number of amides is 3. The molecule has 2 aliphatic rings. The predicted octanol–water partition coefficient (Wildman–Crippen LogP) is 7.43. The maximum Gasteiger partial charge on any atom is 0.326 e. The minimum atomic E-state index is -0.308. The summed E-state index contributed by atoms with van der Waals surface area (Å²) in [5, 5.41) is 5.98. The van der Waals surface area contributed by atoms with Crippen LogP contribution in [-0.2, 0) is 4.79 Å². The van der Waals surface area contributed by atoms with Crippen LogP contribution in [0.1, 0.15) is 18.1 Å². The lowest BCUT2D eigenvalue weighted by Gasteiger charge is -2.40. The molecule has 2 N–H and O–H groups in total. The normalized spacial score (nSPS) is 18.5. The largest absolute Gasteiger partial charge is 0.326 e. The summed E-state index contributed by atoms with van der Waals surface area (Å²) >= 11 is 3.24. The van der Waals surface area contributed by atoms with Gasteiger partial charge in [0.1, 0.15) is 0 Å². The topological polar surface area (TPSA) is 61.4 Å². The van der Waals surface area contributed by atoms with Gasteiger partial charge in [0.25, 0.3) is 0 Å². The van der Waals surface area contributed by atoms with Crippen molar-refractivity contribution >= 4 is 52.5 Å². The highest BCUT2D eigenvalue weighted by Gasteiger charge is 2.36. The summed E-state index contributed by atoms with van der Waals surface area (Å²) in [4.78, 5) is 30.3. The molecular formula is C30H29N3O2S2. The number of fused-ring (bicyclic) bond motifs is 2. The van der Waals surface area contributed by atoms with E-state index >= 15 is 0 Å². The van der Waals surface area contributed by atoms with Gasteiger partial charge in [-0.15, -0.1) is 23.5 Å². The third kappa shape index (κ3) is 5.63. The molecule has 5 nitrogen and oxygen atoms in total. The maximum absolute atomic E-state index is 13.6. The van der Waals surface area contributed by atoms with Crippen molar-refractivity contribution in [1.82, 2.24) is 0 Å². The highest BCUT2D eigenvalue weighted by molar-refractivity contribution is 8.00. The molecule has 37 heavy (non-hydrogen) atoms. The maximum atomic E-state index is 13.6. The Morgan fingerprint density at radius 1 is 0.946 bits per heavy atom. The second-order valence-electron chi connectivity index (χ2n) is 9.21. The van der Waals surface area contributed by atoms with Crippen molar-refractivity contribution in [3.05, 3.63) is 102 Å². The van der Waals surface area contributed by atoms with E-state index in [1.807, 2.05) is 92.4 Å². The molecule has 3 aromatic carbocycles. The van der Waals surface area contributed by atoms with Crippen molar-refractivity contribution in [2.45, 2.75) is 47.1 Å². The third-order valence-electron chi connectivity index (χ3n) is 6.37. The molecule has 0 fully saturated rings. The van der Waals surface area contributed by atoms with Crippen molar-refractivity contribution in [3.8, 4) is 0 Å². The number of aryl methyl sites for hydroxylation is 2. The van der Waals surface area contributed by atoms with E-state index in [4.69, 9.17) is 0 Å². The Morgan fingerprint density at radius 2 is 1.76 bits per heavy atom. The van der Waals surface area contributed by atoms with Gasteiger partial charge in [-0.3, -0.25) is 9.69 Å². The van der Waals surface area contributed by atoms with Crippen LogP contribution in [0.2, 0.25) is 0 Å². The molecule has 7 heteroatoms. The minimum absolute atomic E-state index is 0.0583. The van der Waals surface area contributed by atoms with E-state index in [0.717, 1.165) is 32.3 Å². The van der Waals surface area contributed by atoms with Crippen molar-refractivity contribution in [3.63, 3.8) is 0 Å². The number of rotatable bonds is 5. The molecule has 1 aliphatic carbocycles. The number of nitrogens with zero attached hydrogens (tertiary/aromatic N) is 1. The number of urea groups is 1. The van der Waals surface area contributed by atoms with E-state index in [0.29, 0.717) is 5.69 Å². The van der Waals surface area contributed by atoms with Gasteiger partial charge in [0.05, 0.1) is 22.2 Å². The van der Waals surface area contributed by atoms with Crippen LogP contribution >= 0.6 is 23.5 Å². The number of nitrogens with one attached hydrogen (secondary N) is 2. The standard InChI is InChI=1S/C30H29N3O2S2/c1-19-15-16-24(20(2)17-19)32-29(34)21(3)36-23-10-8-9-22(18-23)31-30(35)33-25-11-4-6-13-27(25)37-28-14-7-5-12-26(28)33/h4-18,21,25,27H,1-3H3,(H,31,35)(H,32,34). The van der Waals surface area contributed by atoms with Gasteiger partial charge < -0.3 is 10.6 Å². The highest BCUT2D eigenvalue weighted by Crippen LogP contribution is 2.43. The molecule has 1 heterocycles. The number of benzene rings is 3. The summed E-state index contributed by atoms with van der Waals surface area (Å²) in [6, 6.07) is 21.4. The van der Waals surface area contributed by atoms with Crippen molar-refractivity contribution in [2.24, 2.45) is 0 Å². The molecule has 1 aliphatic heterocycles. The average Bonchev–Trinajstić information content (AvgIpc) is 2.89. The Kier molecular flexibility index (Phi) is 7.44. The lowest BCUT2D eigenvalue weighted by molar-refractivity contribution is -0.115. The zero-order valence-electron chi connectivity index (χ0n) is 21.0. The van der Waals surface area contributed by atoms with E-state index in [-0.39, 0.29) is 28.5 Å². The molecular weight excluding hydrogens is 498 g/mol. The van der Waals surface area contributed by atoms with Gasteiger partial charge in [-0.2, -0.15) is 0 Å². The van der Waals surface area contributed by atoms with Crippen LogP contribution in [-0.4, -0.2) is 28.5 Å². The van der Waals surface area contributed by atoms with E-state index in [9.17, 15) is 9.59 Å². The number of carbonyl (C=O) groups is 2. The van der Waals surface area contributed by atoms with Crippen LogP contribution in [0, 0.1) is 13.8 Å². The first-order valence-corrected chi connectivity index (χ1v) is 14.0. The lowest BCUT2D eigenvalue weighted by Crippen LogP contribution is -2.49. The van der Waals surface area contributed by atoms with Crippen molar-refractivity contribution < 1.29 is 9.59 Å². The third-order valence-corrected chi connectivity index (χ3v) is 8.77. The molecule has 0 saturated carbocycles. The Bertz CT molecular complexity index is 1400. The fraction of sp³-hybridized carbons (Fsp3) is 0.200. The summed E-state index contributed by atoms with van der Waals surface area (Å²) < 4.78 is 0. The molecule has 0 saturated heterocycles. The SMILES string of the molecule is Cc1ccc(NC(=O)C(C)Sc2cccc(NC(=O)N3c4ccccc4SC4C=CC=CC43)c2)c(C)c1. The Morgan fingerprint density at radius 3 is 2.59 bits per heavy atom. The van der Waals surface area contributed by atoms with E-state index in [1.165, 1.54) is 11.8 Å². The minimum Gasteiger partial charge on any atom is -0.325 e. The average molecular weight is 528 g/mol. The molecule has 3 aromatic rings. The number of allylic oxidation sites excluding steroid dienone is 2. The van der Waals surface area contributed by atoms with Crippen molar-refractivity contribution in [1.29, 1.82) is 0 Å². The molecule has 3 amide bonds. The van der Waals surface area contributed by atoms with E-state index in [1.54, 1.807) is 11.8 Å². The second kappa shape index (κ2) is 10.9. The lowest BCUT2D eigenvalue weighted by atomic mass is 10.1. The molecule has 0 aromatic heterocycles. The van der Waals surface area contributed by atoms with Crippen LogP contribution in [0.3, 0.4) is 0 Å². The second-order valence-corrected chi connectivity index (χ2v) is 11.8. The van der Waals surface area contributed by atoms with E-state index in [2.05, 4.69) is 34.9 Å². The predicted molar refractivity (Wildman–Crippen MR) is 156 cm³/mol. The summed E-state index contributed by atoms with van der Waals surface area (Å²) in [6.07, 6.45) is 8.26. The number of hydrogen-bond donors (Lipinski definition) is 2. The Hall–Kier alpha value is -3.42. The van der Waals surface area contributed by atoms with Crippen LogP contribution in [0.15, 0.2) is 101 Å². The van der Waals surface area contributed by atoms with Crippen molar-refractivity contribution in [2.75, 3.05) is 15.5 Å². The number of thioether (sulfide) groups is 2. The smallest absolute Gasteiger partial charge is 0.325 e.